The molecule has 1 saturated heterocycles. The van der Waals surface area contributed by atoms with Crippen molar-refractivity contribution in [3.8, 4) is 5.75 Å². The first-order valence-corrected chi connectivity index (χ1v) is 9.91. The van der Waals surface area contributed by atoms with E-state index < -0.39 is 0 Å². The summed E-state index contributed by atoms with van der Waals surface area (Å²) in [5.74, 6) is 2.10. The van der Waals surface area contributed by atoms with Crippen LogP contribution in [0.25, 0.3) is 0 Å². The summed E-state index contributed by atoms with van der Waals surface area (Å²) in [6.07, 6.45) is 4.41. The van der Waals surface area contributed by atoms with Crippen LogP contribution in [0.15, 0.2) is 36.5 Å². The molecular formula is C21H26N4O2. The van der Waals surface area contributed by atoms with Crippen LogP contribution in [0.4, 0.5) is 0 Å². The first kappa shape index (κ1) is 16.8. The molecule has 3 aliphatic rings. The lowest BCUT2D eigenvalue weighted by Gasteiger charge is -2.34. The molecule has 1 N–H and O–H groups in total. The number of benzene rings is 1. The number of rotatable bonds is 5. The zero-order valence-corrected chi connectivity index (χ0v) is 15.7. The molecule has 1 aromatic carbocycles. The number of ether oxygens (including phenoxy) is 1. The van der Waals surface area contributed by atoms with Gasteiger partial charge >= 0.3 is 0 Å². The molecule has 2 fully saturated rings. The lowest BCUT2D eigenvalue weighted by Crippen LogP contribution is -2.38. The number of aromatic nitrogens is 2. The largest absolute Gasteiger partial charge is 0.493 e. The summed E-state index contributed by atoms with van der Waals surface area (Å²) in [4.78, 5) is 15.6. The third kappa shape index (κ3) is 3.12. The first-order valence-electron chi connectivity index (χ1n) is 9.91. The number of nitrogens with one attached hydrogen (secondary N) is 1. The molecule has 5 rings (SSSR count). The van der Waals surface area contributed by atoms with Crippen molar-refractivity contribution in [3.63, 3.8) is 0 Å². The topological polar surface area (TPSA) is 59.4 Å². The van der Waals surface area contributed by atoms with E-state index >= 15 is 0 Å². The Balaban J connectivity index is 1.36. The van der Waals surface area contributed by atoms with Crippen molar-refractivity contribution in [2.75, 3.05) is 19.7 Å². The van der Waals surface area contributed by atoms with E-state index in [1.807, 2.05) is 19.2 Å². The lowest BCUT2D eigenvalue weighted by atomic mass is 9.85. The number of carbonyl (C=O) groups excluding carboxylic acids is 1. The maximum atomic E-state index is 13.0. The Morgan fingerprint density at radius 3 is 2.93 bits per heavy atom. The third-order valence-corrected chi connectivity index (χ3v) is 6.31. The molecule has 0 radical (unpaired) electrons. The van der Waals surface area contributed by atoms with Gasteiger partial charge in [-0.25, -0.2) is 0 Å². The number of hydrogen-bond donors (Lipinski definition) is 1. The van der Waals surface area contributed by atoms with Gasteiger partial charge in [-0.1, -0.05) is 18.2 Å². The van der Waals surface area contributed by atoms with Gasteiger partial charge in [-0.2, -0.15) is 5.10 Å². The van der Waals surface area contributed by atoms with E-state index in [0.717, 1.165) is 30.5 Å². The molecule has 1 aliphatic carbocycles. The standard InChI is InChI=1S/C21H26N4O2/c1-24-15(8-9-23-24)10-22-21(26)17-12-25(11-14-6-7-14)20-16-4-2-3-5-19(16)27-13-18(17)20/h2-5,8-9,14,17-18,20H,6-7,10-13H2,1H3,(H,22,26)/t17-,18+,20+/m1/s1. The maximum Gasteiger partial charge on any atom is 0.225 e. The highest BCUT2D eigenvalue weighted by atomic mass is 16.5. The second kappa shape index (κ2) is 6.68. The summed E-state index contributed by atoms with van der Waals surface area (Å²) in [6.45, 7) is 3.05. The number of carbonyl (C=O) groups is 1. The van der Waals surface area contributed by atoms with E-state index in [1.165, 1.54) is 18.4 Å². The summed E-state index contributed by atoms with van der Waals surface area (Å²) in [7, 11) is 1.90. The van der Waals surface area contributed by atoms with Crippen molar-refractivity contribution in [1.82, 2.24) is 20.0 Å². The van der Waals surface area contributed by atoms with E-state index in [2.05, 4.69) is 33.5 Å². The highest BCUT2D eigenvalue weighted by Crippen LogP contribution is 2.48. The van der Waals surface area contributed by atoms with Crippen LogP contribution in [0.2, 0.25) is 0 Å². The van der Waals surface area contributed by atoms with Crippen LogP contribution in [0.5, 0.6) is 5.75 Å². The van der Waals surface area contributed by atoms with Crippen LogP contribution in [0.1, 0.15) is 30.1 Å². The van der Waals surface area contributed by atoms with Gasteiger partial charge in [-0.15, -0.1) is 0 Å². The maximum absolute atomic E-state index is 13.0. The van der Waals surface area contributed by atoms with Crippen LogP contribution < -0.4 is 10.1 Å². The molecule has 6 heteroatoms. The van der Waals surface area contributed by atoms with Gasteiger partial charge in [0.2, 0.25) is 5.91 Å². The summed E-state index contributed by atoms with van der Waals surface area (Å²) in [5.41, 5.74) is 2.26. The molecular weight excluding hydrogens is 340 g/mol. The van der Waals surface area contributed by atoms with Gasteiger partial charge in [0, 0.05) is 43.9 Å². The van der Waals surface area contributed by atoms with Crippen LogP contribution in [0, 0.1) is 17.8 Å². The Kier molecular flexibility index (Phi) is 4.16. The van der Waals surface area contributed by atoms with E-state index in [4.69, 9.17) is 4.74 Å². The highest BCUT2D eigenvalue weighted by molar-refractivity contribution is 5.80. The molecule has 6 nitrogen and oxygen atoms in total. The van der Waals surface area contributed by atoms with Gasteiger partial charge in [0.1, 0.15) is 5.75 Å². The minimum absolute atomic E-state index is 0.0321. The third-order valence-electron chi connectivity index (χ3n) is 6.31. The van der Waals surface area contributed by atoms with Crippen LogP contribution in [0.3, 0.4) is 0 Å². The number of nitrogens with zero attached hydrogens (tertiary/aromatic N) is 3. The number of amides is 1. The van der Waals surface area contributed by atoms with Crippen LogP contribution >= 0.6 is 0 Å². The van der Waals surface area contributed by atoms with Gasteiger partial charge < -0.3 is 10.1 Å². The molecule has 3 atom stereocenters. The van der Waals surface area contributed by atoms with Gasteiger partial charge in [-0.05, 0) is 30.9 Å². The number of hydrogen-bond acceptors (Lipinski definition) is 4. The molecule has 1 saturated carbocycles. The Hall–Kier alpha value is -2.34. The van der Waals surface area contributed by atoms with Crippen molar-refractivity contribution in [2.45, 2.75) is 25.4 Å². The van der Waals surface area contributed by atoms with Gasteiger partial charge in [0.05, 0.1) is 24.8 Å². The normalized spacial score (nSPS) is 26.9. The molecule has 3 heterocycles. The number of likely N-dealkylation sites (tertiary alicyclic amines) is 1. The molecule has 2 aliphatic heterocycles. The quantitative estimate of drug-likeness (QED) is 0.881. The van der Waals surface area contributed by atoms with E-state index in [1.54, 1.807) is 10.9 Å². The fourth-order valence-corrected chi connectivity index (χ4v) is 4.65. The van der Waals surface area contributed by atoms with Crippen molar-refractivity contribution >= 4 is 5.91 Å². The summed E-state index contributed by atoms with van der Waals surface area (Å²) >= 11 is 0. The second-order valence-electron chi connectivity index (χ2n) is 8.13. The number of aryl methyl sites for hydroxylation is 1. The lowest BCUT2D eigenvalue weighted by molar-refractivity contribution is -0.126. The van der Waals surface area contributed by atoms with Crippen molar-refractivity contribution in [3.05, 3.63) is 47.8 Å². The smallest absolute Gasteiger partial charge is 0.225 e. The predicted octanol–water partition coefficient (Wildman–Crippen LogP) is 2.13. The SMILES string of the molecule is Cn1nccc1CNC(=O)[C@@H]1CN(CC2CC2)[C@H]2c3ccccc3OC[C@@H]12. The predicted molar refractivity (Wildman–Crippen MR) is 101 cm³/mol. The van der Waals surface area contributed by atoms with Gasteiger partial charge in [0.25, 0.3) is 0 Å². The number of para-hydroxylation sites is 1. The summed E-state index contributed by atoms with van der Waals surface area (Å²) < 4.78 is 7.84. The molecule has 27 heavy (non-hydrogen) atoms. The van der Waals surface area contributed by atoms with Crippen molar-refractivity contribution in [2.24, 2.45) is 24.8 Å². The molecule has 2 aromatic rings. The average Bonchev–Trinajstić information content (AvgIpc) is 3.29. The van der Waals surface area contributed by atoms with Crippen molar-refractivity contribution in [1.29, 1.82) is 0 Å². The number of fused-ring (bicyclic) bond motifs is 3. The Labute approximate surface area is 159 Å². The Morgan fingerprint density at radius 2 is 2.15 bits per heavy atom. The molecule has 0 spiro atoms. The second-order valence-corrected chi connectivity index (χ2v) is 8.13. The zero-order valence-electron chi connectivity index (χ0n) is 15.7. The minimum Gasteiger partial charge on any atom is -0.493 e. The molecule has 142 valence electrons. The Morgan fingerprint density at radius 1 is 1.30 bits per heavy atom. The monoisotopic (exact) mass is 366 g/mol. The van der Waals surface area contributed by atoms with Crippen LogP contribution in [-0.4, -0.2) is 40.3 Å². The van der Waals surface area contributed by atoms with Crippen LogP contribution in [-0.2, 0) is 18.4 Å². The van der Waals surface area contributed by atoms with Gasteiger partial charge in [0.15, 0.2) is 0 Å². The Bertz CT molecular complexity index is 844. The first-order chi connectivity index (χ1) is 13.2. The minimum atomic E-state index is -0.0321. The van der Waals surface area contributed by atoms with E-state index in [9.17, 15) is 4.79 Å². The fraction of sp³-hybridized carbons (Fsp3) is 0.524. The van der Waals surface area contributed by atoms with Gasteiger partial charge in [-0.3, -0.25) is 14.4 Å². The molecule has 0 bridgehead atoms. The average molecular weight is 366 g/mol. The highest BCUT2D eigenvalue weighted by Gasteiger charge is 2.49. The zero-order chi connectivity index (χ0) is 18.4. The van der Waals surface area contributed by atoms with E-state index in [0.29, 0.717) is 19.2 Å². The summed E-state index contributed by atoms with van der Waals surface area (Å²) in [6, 6.07) is 10.6. The van der Waals surface area contributed by atoms with E-state index in [-0.39, 0.29) is 17.7 Å². The summed E-state index contributed by atoms with van der Waals surface area (Å²) in [5, 5.41) is 7.30. The van der Waals surface area contributed by atoms with Crippen molar-refractivity contribution < 1.29 is 9.53 Å². The molecule has 1 amide bonds. The molecule has 1 aromatic heterocycles. The fourth-order valence-electron chi connectivity index (χ4n) is 4.65. The molecule has 0 unspecified atom stereocenters.